The molecule has 6 heteroatoms. The Morgan fingerprint density at radius 2 is 1.65 bits per heavy atom. The van der Waals surface area contributed by atoms with E-state index in [1.807, 2.05) is 32.0 Å². The predicted octanol–water partition coefficient (Wildman–Crippen LogP) is 2.84. The minimum Gasteiger partial charge on any atom is -0.337 e. The van der Waals surface area contributed by atoms with Crippen molar-refractivity contribution in [3.05, 3.63) is 65.2 Å². The third-order valence-corrected chi connectivity index (χ3v) is 6.66. The van der Waals surface area contributed by atoms with Crippen LogP contribution in [0, 0.1) is 13.8 Å². The van der Waals surface area contributed by atoms with Gasteiger partial charge in [-0.1, -0.05) is 35.9 Å². The summed E-state index contributed by atoms with van der Waals surface area (Å²) in [6.07, 6.45) is 0.628. The molecular weight excluding hydrogens is 348 g/mol. The first-order valence-electron chi connectivity index (χ1n) is 8.81. The Bertz CT molecular complexity index is 895. The van der Waals surface area contributed by atoms with Crippen molar-refractivity contribution in [2.24, 2.45) is 0 Å². The minimum absolute atomic E-state index is 0.0230. The van der Waals surface area contributed by atoms with Gasteiger partial charge in [0.1, 0.15) is 0 Å². The first-order valence-corrected chi connectivity index (χ1v) is 10.3. The number of benzene rings is 2. The highest BCUT2D eigenvalue weighted by Gasteiger charge is 2.28. The zero-order valence-electron chi connectivity index (χ0n) is 15.2. The van der Waals surface area contributed by atoms with Crippen molar-refractivity contribution < 1.29 is 13.2 Å². The average molecular weight is 372 g/mol. The minimum atomic E-state index is -3.52. The Kier molecular flexibility index (Phi) is 5.44. The third-order valence-electron chi connectivity index (χ3n) is 4.75. The molecule has 1 fully saturated rings. The predicted molar refractivity (Wildman–Crippen MR) is 102 cm³/mol. The smallest absolute Gasteiger partial charge is 0.254 e. The Morgan fingerprint density at radius 3 is 2.38 bits per heavy atom. The maximum atomic E-state index is 12.9. The summed E-state index contributed by atoms with van der Waals surface area (Å²) in [4.78, 5) is 15.0. The fraction of sp³-hybridized carbons (Fsp3) is 0.350. The van der Waals surface area contributed by atoms with E-state index in [-0.39, 0.29) is 5.91 Å². The van der Waals surface area contributed by atoms with Crippen LogP contribution < -0.4 is 0 Å². The fourth-order valence-electron chi connectivity index (χ4n) is 3.22. The molecule has 3 rings (SSSR count). The molecule has 2 aromatic rings. The Balaban J connectivity index is 1.76. The van der Waals surface area contributed by atoms with Gasteiger partial charge in [0.05, 0.1) is 4.90 Å². The molecule has 1 aliphatic rings. The molecule has 1 amide bonds. The standard InChI is InChI=1S/C20H24N2O3S/c1-16-9-10-17(2)19(15-16)20(23)21-11-6-12-22(14-13-21)26(24,25)18-7-4-3-5-8-18/h3-5,7-10,15H,6,11-14H2,1-2H3. The van der Waals surface area contributed by atoms with Crippen molar-refractivity contribution in [2.75, 3.05) is 26.2 Å². The van der Waals surface area contributed by atoms with E-state index in [9.17, 15) is 13.2 Å². The molecule has 5 nitrogen and oxygen atoms in total. The summed E-state index contributed by atoms with van der Waals surface area (Å²) < 4.78 is 27.1. The lowest BCUT2D eigenvalue weighted by atomic mass is 10.0. The van der Waals surface area contributed by atoms with Crippen molar-refractivity contribution in [3.8, 4) is 0 Å². The summed E-state index contributed by atoms with van der Waals surface area (Å²) in [6.45, 7) is 5.59. The van der Waals surface area contributed by atoms with Gasteiger partial charge in [0.15, 0.2) is 0 Å². The van der Waals surface area contributed by atoms with Gasteiger partial charge in [-0.05, 0) is 44.0 Å². The van der Waals surface area contributed by atoms with E-state index in [0.717, 1.165) is 11.1 Å². The van der Waals surface area contributed by atoms with E-state index in [0.29, 0.717) is 43.1 Å². The molecule has 0 bridgehead atoms. The number of nitrogens with zero attached hydrogens (tertiary/aromatic N) is 2. The maximum absolute atomic E-state index is 12.9. The van der Waals surface area contributed by atoms with E-state index < -0.39 is 10.0 Å². The summed E-state index contributed by atoms with van der Waals surface area (Å²) in [6, 6.07) is 14.3. The van der Waals surface area contributed by atoms with E-state index in [4.69, 9.17) is 0 Å². The monoisotopic (exact) mass is 372 g/mol. The molecule has 0 atom stereocenters. The van der Waals surface area contributed by atoms with Crippen LogP contribution in [0.1, 0.15) is 27.9 Å². The quantitative estimate of drug-likeness (QED) is 0.832. The van der Waals surface area contributed by atoms with Gasteiger partial charge < -0.3 is 4.90 Å². The van der Waals surface area contributed by atoms with Gasteiger partial charge >= 0.3 is 0 Å². The molecule has 138 valence electrons. The number of sulfonamides is 1. The number of amides is 1. The normalized spacial score (nSPS) is 16.3. The highest BCUT2D eigenvalue weighted by molar-refractivity contribution is 7.89. The summed E-state index contributed by atoms with van der Waals surface area (Å²) >= 11 is 0. The summed E-state index contributed by atoms with van der Waals surface area (Å²) in [7, 11) is -3.52. The molecular formula is C20H24N2O3S. The number of hydrogen-bond acceptors (Lipinski definition) is 3. The van der Waals surface area contributed by atoms with Crippen LogP contribution in [0.5, 0.6) is 0 Å². The van der Waals surface area contributed by atoms with Crippen LogP contribution in [0.4, 0.5) is 0 Å². The molecule has 0 radical (unpaired) electrons. The molecule has 2 aromatic carbocycles. The lowest BCUT2D eigenvalue weighted by molar-refractivity contribution is 0.0763. The van der Waals surface area contributed by atoms with Crippen LogP contribution in [-0.2, 0) is 10.0 Å². The molecule has 0 aromatic heterocycles. The first kappa shape index (κ1) is 18.6. The molecule has 0 aliphatic carbocycles. The van der Waals surface area contributed by atoms with E-state index >= 15 is 0 Å². The molecule has 0 saturated carbocycles. The Labute approximate surface area is 155 Å². The van der Waals surface area contributed by atoms with Crippen molar-refractivity contribution in [1.82, 2.24) is 9.21 Å². The second-order valence-corrected chi connectivity index (χ2v) is 8.62. The number of hydrogen-bond donors (Lipinski definition) is 0. The van der Waals surface area contributed by atoms with Crippen molar-refractivity contribution >= 4 is 15.9 Å². The lowest BCUT2D eigenvalue weighted by Gasteiger charge is -2.23. The Morgan fingerprint density at radius 1 is 0.923 bits per heavy atom. The summed E-state index contributed by atoms with van der Waals surface area (Å²) in [5, 5.41) is 0. The SMILES string of the molecule is Cc1ccc(C)c(C(=O)N2CCCN(S(=O)(=O)c3ccccc3)CC2)c1. The van der Waals surface area contributed by atoms with E-state index in [1.54, 1.807) is 35.2 Å². The number of carbonyl (C=O) groups is 1. The molecule has 0 unspecified atom stereocenters. The maximum Gasteiger partial charge on any atom is 0.254 e. The summed E-state index contributed by atoms with van der Waals surface area (Å²) in [5.74, 6) is -0.0230. The van der Waals surface area contributed by atoms with Crippen LogP contribution in [0.25, 0.3) is 0 Å². The van der Waals surface area contributed by atoms with Crippen LogP contribution >= 0.6 is 0 Å². The molecule has 26 heavy (non-hydrogen) atoms. The lowest BCUT2D eigenvalue weighted by Crippen LogP contribution is -2.37. The second-order valence-electron chi connectivity index (χ2n) is 6.68. The van der Waals surface area contributed by atoms with Crippen molar-refractivity contribution in [1.29, 1.82) is 0 Å². The second kappa shape index (κ2) is 7.60. The van der Waals surface area contributed by atoms with Crippen LogP contribution in [0.3, 0.4) is 0 Å². The van der Waals surface area contributed by atoms with Crippen LogP contribution in [0.2, 0.25) is 0 Å². The number of rotatable bonds is 3. The van der Waals surface area contributed by atoms with Crippen molar-refractivity contribution in [3.63, 3.8) is 0 Å². The fourth-order valence-corrected chi connectivity index (χ4v) is 4.71. The van der Waals surface area contributed by atoms with Gasteiger partial charge in [-0.3, -0.25) is 4.79 Å². The third kappa shape index (κ3) is 3.81. The highest BCUT2D eigenvalue weighted by atomic mass is 32.2. The number of aryl methyl sites for hydroxylation is 2. The molecule has 1 heterocycles. The zero-order chi connectivity index (χ0) is 18.7. The largest absolute Gasteiger partial charge is 0.337 e. The average Bonchev–Trinajstić information content (AvgIpc) is 2.90. The zero-order valence-corrected chi connectivity index (χ0v) is 16.0. The van der Waals surface area contributed by atoms with Gasteiger partial charge in [0.25, 0.3) is 5.91 Å². The van der Waals surface area contributed by atoms with Gasteiger partial charge in [0.2, 0.25) is 10.0 Å². The Hall–Kier alpha value is -2.18. The topological polar surface area (TPSA) is 57.7 Å². The van der Waals surface area contributed by atoms with Gasteiger partial charge in [0, 0.05) is 31.7 Å². The number of carbonyl (C=O) groups excluding carboxylic acids is 1. The molecule has 1 saturated heterocycles. The molecule has 0 N–H and O–H groups in total. The summed E-state index contributed by atoms with van der Waals surface area (Å²) in [5.41, 5.74) is 2.69. The van der Waals surface area contributed by atoms with E-state index in [1.165, 1.54) is 4.31 Å². The van der Waals surface area contributed by atoms with Gasteiger partial charge in [-0.2, -0.15) is 4.31 Å². The highest BCUT2D eigenvalue weighted by Crippen LogP contribution is 2.19. The van der Waals surface area contributed by atoms with Gasteiger partial charge in [-0.15, -0.1) is 0 Å². The van der Waals surface area contributed by atoms with E-state index in [2.05, 4.69) is 0 Å². The van der Waals surface area contributed by atoms with Gasteiger partial charge in [-0.25, -0.2) is 8.42 Å². The van der Waals surface area contributed by atoms with Crippen LogP contribution in [0.15, 0.2) is 53.4 Å². The molecule has 1 aliphatic heterocycles. The van der Waals surface area contributed by atoms with Crippen LogP contribution in [-0.4, -0.2) is 49.7 Å². The molecule has 0 spiro atoms. The first-order chi connectivity index (χ1) is 12.4. The van der Waals surface area contributed by atoms with Crippen molar-refractivity contribution in [2.45, 2.75) is 25.2 Å².